The van der Waals surface area contributed by atoms with E-state index in [4.69, 9.17) is 0 Å². The summed E-state index contributed by atoms with van der Waals surface area (Å²) in [7, 11) is 0. The van der Waals surface area contributed by atoms with E-state index in [1.54, 1.807) is 6.92 Å². The lowest BCUT2D eigenvalue weighted by molar-refractivity contribution is -0.113. The topological polar surface area (TPSA) is 17.1 Å². The number of allylic oxidation sites excluding steroid dienone is 2. The van der Waals surface area contributed by atoms with Crippen LogP contribution >= 0.6 is 0 Å². The highest BCUT2D eigenvalue weighted by Gasteiger charge is 2.02. The Hall–Kier alpha value is -0.590. The zero-order chi connectivity index (χ0) is 8.15. The predicted molar refractivity (Wildman–Crippen MR) is 44.0 cm³/mol. The molecule has 0 saturated heterocycles. The second-order valence-corrected chi connectivity index (χ2v) is 2.52. The fraction of sp³-hybridized carbons (Fsp3) is 0.667. The van der Waals surface area contributed by atoms with Crippen molar-refractivity contribution in [1.82, 2.24) is 0 Å². The highest BCUT2D eigenvalue weighted by molar-refractivity contribution is 5.93. The van der Waals surface area contributed by atoms with Gasteiger partial charge < -0.3 is 0 Å². The molecule has 0 aromatic heterocycles. The molecule has 0 spiro atoms. The Balaban J connectivity index is 4.45. The van der Waals surface area contributed by atoms with E-state index in [1.807, 2.05) is 13.8 Å². The van der Waals surface area contributed by atoms with E-state index >= 15 is 0 Å². The summed E-state index contributed by atoms with van der Waals surface area (Å²) in [6.07, 6.45) is 1.86. The molecule has 0 aliphatic carbocycles. The molecule has 58 valence electrons. The smallest absolute Gasteiger partial charge is 0.155 e. The maximum Gasteiger partial charge on any atom is 0.155 e. The van der Waals surface area contributed by atoms with Crippen LogP contribution in [-0.4, -0.2) is 5.78 Å². The minimum Gasteiger partial charge on any atom is -0.295 e. The molecule has 0 aromatic carbocycles. The van der Waals surface area contributed by atoms with Gasteiger partial charge in [0.2, 0.25) is 0 Å². The molecule has 10 heavy (non-hydrogen) atoms. The molecule has 0 aliphatic heterocycles. The molecule has 0 saturated carbocycles. The van der Waals surface area contributed by atoms with E-state index in [1.165, 1.54) is 5.57 Å². The maximum atomic E-state index is 10.9. The lowest BCUT2D eigenvalue weighted by atomic mass is 10.0. The zero-order valence-corrected chi connectivity index (χ0v) is 7.32. The maximum absolute atomic E-state index is 10.9. The van der Waals surface area contributed by atoms with Crippen molar-refractivity contribution < 1.29 is 4.79 Å². The normalized spacial score (nSPS) is 12.8. The third kappa shape index (κ3) is 2.34. The summed E-state index contributed by atoms with van der Waals surface area (Å²) in [5.74, 6) is 0.224. The molecule has 0 rings (SSSR count). The van der Waals surface area contributed by atoms with Crippen LogP contribution in [0.4, 0.5) is 0 Å². The van der Waals surface area contributed by atoms with Crippen molar-refractivity contribution in [3.05, 3.63) is 11.1 Å². The van der Waals surface area contributed by atoms with Crippen LogP contribution < -0.4 is 0 Å². The van der Waals surface area contributed by atoms with Gasteiger partial charge in [0, 0.05) is 0 Å². The van der Waals surface area contributed by atoms with Crippen molar-refractivity contribution in [3.63, 3.8) is 0 Å². The average Bonchev–Trinajstić information content (AvgIpc) is 1.88. The lowest BCUT2D eigenvalue weighted by Crippen LogP contribution is -1.98. The minimum absolute atomic E-state index is 0.224. The molecule has 0 aliphatic rings. The summed E-state index contributed by atoms with van der Waals surface area (Å²) in [4.78, 5) is 10.9. The van der Waals surface area contributed by atoms with Crippen molar-refractivity contribution in [2.24, 2.45) is 0 Å². The van der Waals surface area contributed by atoms with E-state index in [2.05, 4.69) is 6.92 Å². The molecular formula is C9H16O. The summed E-state index contributed by atoms with van der Waals surface area (Å²) in [5.41, 5.74) is 2.23. The van der Waals surface area contributed by atoms with Gasteiger partial charge in [-0.2, -0.15) is 0 Å². The molecule has 0 N–H and O–H groups in total. The molecular weight excluding hydrogens is 124 g/mol. The summed E-state index contributed by atoms with van der Waals surface area (Å²) in [5, 5.41) is 0. The van der Waals surface area contributed by atoms with E-state index in [-0.39, 0.29) is 5.78 Å². The molecule has 0 aromatic rings. The SMILES string of the molecule is CC/C(C)=C(\CC)C(C)=O. The van der Waals surface area contributed by atoms with Gasteiger partial charge in [-0.1, -0.05) is 19.4 Å². The molecule has 1 nitrogen and oxygen atoms in total. The molecule has 0 heterocycles. The first-order valence-electron chi connectivity index (χ1n) is 3.83. The first-order chi connectivity index (χ1) is 4.63. The van der Waals surface area contributed by atoms with Crippen LogP contribution in [0, 0.1) is 0 Å². The first kappa shape index (κ1) is 9.41. The Morgan fingerprint density at radius 1 is 1.10 bits per heavy atom. The Morgan fingerprint density at radius 3 is 1.70 bits per heavy atom. The number of hydrogen-bond acceptors (Lipinski definition) is 1. The number of rotatable bonds is 3. The van der Waals surface area contributed by atoms with Crippen LogP contribution in [0.3, 0.4) is 0 Å². The summed E-state index contributed by atoms with van der Waals surface area (Å²) in [6.45, 7) is 7.77. The van der Waals surface area contributed by atoms with Crippen molar-refractivity contribution in [1.29, 1.82) is 0 Å². The van der Waals surface area contributed by atoms with Crippen LogP contribution in [0.5, 0.6) is 0 Å². The van der Waals surface area contributed by atoms with E-state index in [9.17, 15) is 4.79 Å². The fourth-order valence-corrected chi connectivity index (χ4v) is 1.06. The van der Waals surface area contributed by atoms with Crippen LogP contribution in [0.1, 0.15) is 40.5 Å². The van der Waals surface area contributed by atoms with Gasteiger partial charge in [-0.3, -0.25) is 4.79 Å². The summed E-state index contributed by atoms with van der Waals surface area (Å²) < 4.78 is 0. The van der Waals surface area contributed by atoms with Crippen LogP contribution in [0.25, 0.3) is 0 Å². The molecule has 0 unspecified atom stereocenters. The van der Waals surface area contributed by atoms with E-state index < -0.39 is 0 Å². The number of ketones is 1. The quantitative estimate of drug-likeness (QED) is 0.551. The van der Waals surface area contributed by atoms with Crippen molar-refractivity contribution >= 4 is 5.78 Å². The minimum atomic E-state index is 0.224. The molecule has 0 amide bonds. The van der Waals surface area contributed by atoms with Gasteiger partial charge in [0.1, 0.15) is 0 Å². The van der Waals surface area contributed by atoms with Gasteiger partial charge in [-0.15, -0.1) is 0 Å². The van der Waals surface area contributed by atoms with E-state index in [0.717, 1.165) is 18.4 Å². The molecule has 0 bridgehead atoms. The van der Waals surface area contributed by atoms with Gasteiger partial charge in [-0.05, 0) is 32.3 Å². The van der Waals surface area contributed by atoms with Crippen molar-refractivity contribution in [2.75, 3.05) is 0 Å². The Morgan fingerprint density at radius 2 is 1.60 bits per heavy atom. The lowest BCUT2D eigenvalue weighted by Gasteiger charge is -2.03. The second-order valence-electron chi connectivity index (χ2n) is 2.52. The highest BCUT2D eigenvalue weighted by Crippen LogP contribution is 2.11. The molecule has 0 atom stereocenters. The monoisotopic (exact) mass is 140 g/mol. The summed E-state index contributed by atoms with van der Waals surface area (Å²) >= 11 is 0. The number of hydrogen-bond donors (Lipinski definition) is 0. The van der Waals surface area contributed by atoms with Gasteiger partial charge in [-0.25, -0.2) is 0 Å². The van der Waals surface area contributed by atoms with Gasteiger partial charge in [0.05, 0.1) is 0 Å². The number of carbonyl (C=O) groups is 1. The van der Waals surface area contributed by atoms with Crippen molar-refractivity contribution in [3.8, 4) is 0 Å². The van der Waals surface area contributed by atoms with Crippen LogP contribution in [-0.2, 0) is 4.79 Å². The Bertz CT molecular complexity index is 154. The second kappa shape index (κ2) is 4.26. The molecule has 1 heteroatoms. The fourth-order valence-electron chi connectivity index (χ4n) is 1.06. The number of Topliss-reactive ketones (excluding diaryl/α,β-unsaturated/α-hetero) is 1. The largest absolute Gasteiger partial charge is 0.295 e. The standard InChI is InChI=1S/C9H16O/c1-5-7(3)9(6-2)8(4)10/h5-6H2,1-4H3/b9-7+. The van der Waals surface area contributed by atoms with Crippen LogP contribution in [0.2, 0.25) is 0 Å². The predicted octanol–water partition coefficient (Wildman–Crippen LogP) is 2.71. The van der Waals surface area contributed by atoms with Gasteiger partial charge >= 0.3 is 0 Å². The molecule has 0 fully saturated rings. The Labute approximate surface area is 63.1 Å². The zero-order valence-electron chi connectivity index (χ0n) is 7.32. The average molecular weight is 140 g/mol. The molecule has 0 radical (unpaired) electrons. The van der Waals surface area contributed by atoms with Gasteiger partial charge in [0.25, 0.3) is 0 Å². The summed E-state index contributed by atoms with van der Waals surface area (Å²) in [6, 6.07) is 0. The third-order valence-electron chi connectivity index (χ3n) is 1.82. The van der Waals surface area contributed by atoms with Crippen molar-refractivity contribution in [2.45, 2.75) is 40.5 Å². The first-order valence-corrected chi connectivity index (χ1v) is 3.83. The highest BCUT2D eigenvalue weighted by atomic mass is 16.1. The van der Waals surface area contributed by atoms with Crippen LogP contribution in [0.15, 0.2) is 11.1 Å². The van der Waals surface area contributed by atoms with E-state index in [0.29, 0.717) is 0 Å². The Kier molecular flexibility index (Phi) is 4.01. The number of carbonyl (C=O) groups excluding carboxylic acids is 1. The third-order valence-corrected chi connectivity index (χ3v) is 1.82. The van der Waals surface area contributed by atoms with Gasteiger partial charge in [0.15, 0.2) is 5.78 Å².